The van der Waals surface area contributed by atoms with Crippen LogP contribution in [0.4, 0.5) is 14.5 Å². The zero-order valence-electron chi connectivity index (χ0n) is 9.97. The third kappa shape index (κ3) is 2.84. The van der Waals surface area contributed by atoms with E-state index in [1.807, 2.05) is 6.92 Å². The Hall–Kier alpha value is -1.69. The molecule has 0 fully saturated rings. The predicted octanol–water partition coefficient (Wildman–Crippen LogP) is 4.14. The van der Waals surface area contributed by atoms with Crippen LogP contribution in [0.3, 0.4) is 0 Å². The molecule has 0 saturated carbocycles. The van der Waals surface area contributed by atoms with Gasteiger partial charge in [0.25, 0.3) is 5.91 Å². The van der Waals surface area contributed by atoms with Crippen molar-refractivity contribution in [3.8, 4) is 0 Å². The van der Waals surface area contributed by atoms with Crippen molar-refractivity contribution in [2.75, 3.05) is 5.32 Å². The van der Waals surface area contributed by atoms with Gasteiger partial charge in [0, 0.05) is 12.5 Å². The first kappa shape index (κ1) is 13.7. The van der Waals surface area contributed by atoms with Gasteiger partial charge in [-0.15, -0.1) is 0 Å². The Kier molecular flexibility index (Phi) is 3.99. The largest absolute Gasteiger partial charge is 0.469 e. The number of rotatable bonds is 3. The van der Waals surface area contributed by atoms with Crippen molar-refractivity contribution in [1.29, 1.82) is 0 Å². The Morgan fingerprint density at radius 1 is 1.37 bits per heavy atom. The summed E-state index contributed by atoms with van der Waals surface area (Å²) in [4.78, 5) is 11.9. The number of hydrogen-bond acceptors (Lipinski definition) is 2. The van der Waals surface area contributed by atoms with Crippen LogP contribution in [0.2, 0.25) is 0 Å². The average Bonchev–Trinajstić information content (AvgIpc) is 2.84. The van der Waals surface area contributed by atoms with Gasteiger partial charge in [0.2, 0.25) is 0 Å². The molecule has 0 spiro atoms. The highest BCUT2D eigenvalue weighted by Gasteiger charge is 2.16. The molecular weight excluding hydrogens is 320 g/mol. The number of nitrogens with one attached hydrogen (secondary N) is 1. The number of carbonyl (C=O) groups is 1. The van der Waals surface area contributed by atoms with Crippen molar-refractivity contribution in [3.05, 3.63) is 51.9 Å². The van der Waals surface area contributed by atoms with Crippen molar-refractivity contribution >= 4 is 27.5 Å². The quantitative estimate of drug-likeness (QED) is 0.860. The molecule has 19 heavy (non-hydrogen) atoms. The molecule has 1 aromatic carbocycles. The van der Waals surface area contributed by atoms with E-state index in [0.29, 0.717) is 17.7 Å². The van der Waals surface area contributed by atoms with Crippen molar-refractivity contribution in [2.45, 2.75) is 13.3 Å². The summed E-state index contributed by atoms with van der Waals surface area (Å²) in [5, 5.41) is 2.32. The smallest absolute Gasteiger partial charge is 0.259 e. The van der Waals surface area contributed by atoms with Gasteiger partial charge in [-0.2, -0.15) is 0 Å². The number of hydrogen-bond donors (Lipinski definition) is 1. The van der Waals surface area contributed by atoms with Gasteiger partial charge in [-0.05, 0) is 28.1 Å². The van der Waals surface area contributed by atoms with Crippen LogP contribution in [0.5, 0.6) is 0 Å². The first-order valence-electron chi connectivity index (χ1n) is 5.55. The molecule has 100 valence electrons. The summed E-state index contributed by atoms with van der Waals surface area (Å²) in [6, 6.07) is 3.37. The fourth-order valence-corrected chi connectivity index (χ4v) is 1.94. The van der Waals surface area contributed by atoms with Crippen LogP contribution in [0.25, 0.3) is 0 Å². The summed E-state index contributed by atoms with van der Waals surface area (Å²) in [6.45, 7) is 1.83. The second kappa shape index (κ2) is 5.52. The standard InChI is InChI=1S/C13H10BrF2NO2/c1-2-12-7(3-4-19-12)13(18)17-11-6-9(15)8(14)5-10(11)16/h3-6H,2H2,1H3,(H,17,18). The van der Waals surface area contributed by atoms with E-state index in [0.717, 1.165) is 12.1 Å². The lowest BCUT2D eigenvalue weighted by atomic mass is 10.2. The number of amides is 1. The number of furan rings is 1. The van der Waals surface area contributed by atoms with E-state index in [9.17, 15) is 13.6 Å². The first-order valence-corrected chi connectivity index (χ1v) is 6.34. The number of aryl methyl sites for hydroxylation is 1. The van der Waals surface area contributed by atoms with Crippen molar-refractivity contribution in [1.82, 2.24) is 0 Å². The summed E-state index contributed by atoms with van der Waals surface area (Å²) in [6.07, 6.45) is 1.92. The summed E-state index contributed by atoms with van der Waals surface area (Å²) >= 11 is 2.87. The molecule has 0 atom stereocenters. The van der Waals surface area contributed by atoms with Crippen LogP contribution in [0.15, 0.2) is 33.4 Å². The number of halogens is 3. The maximum atomic E-state index is 13.6. The molecule has 3 nitrogen and oxygen atoms in total. The second-order valence-electron chi connectivity index (χ2n) is 3.81. The van der Waals surface area contributed by atoms with E-state index in [1.165, 1.54) is 12.3 Å². The zero-order chi connectivity index (χ0) is 14.0. The van der Waals surface area contributed by atoms with E-state index in [-0.39, 0.29) is 10.2 Å². The monoisotopic (exact) mass is 329 g/mol. The molecule has 1 N–H and O–H groups in total. The van der Waals surface area contributed by atoms with Crippen LogP contribution >= 0.6 is 15.9 Å². The predicted molar refractivity (Wildman–Crippen MR) is 70.1 cm³/mol. The number of benzene rings is 1. The number of carbonyl (C=O) groups excluding carboxylic acids is 1. The molecule has 0 saturated heterocycles. The molecule has 0 aliphatic rings. The van der Waals surface area contributed by atoms with Gasteiger partial charge in [0.1, 0.15) is 17.4 Å². The molecule has 0 radical (unpaired) electrons. The minimum atomic E-state index is -0.719. The highest BCUT2D eigenvalue weighted by atomic mass is 79.9. The molecule has 6 heteroatoms. The van der Waals surface area contributed by atoms with Gasteiger partial charge in [0.05, 0.1) is 22.0 Å². The van der Waals surface area contributed by atoms with Gasteiger partial charge in [-0.1, -0.05) is 6.92 Å². The fourth-order valence-electron chi connectivity index (χ4n) is 1.62. The summed E-state index contributed by atoms with van der Waals surface area (Å²) in [5.41, 5.74) is 0.0965. The van der Waals surface area contributed by atoms with E-state index >= 15 is 0 Å². The normalized spacial score (nSPS) is 10.5. The Bertz CT molecular complexity index is 625. The van der Waals surface area contributed by atoms with E-state index in [4.69, 9.17) is 4.42 Å². The Morgan fingerprint density at radius 2 is 2.11 bits per heavy atom. The molecule has 0 aliphatic heterocycles. The van der Waals surface area contributed by atoms with Gasteiger partial charge >= 0.3 is 0 Å². The molecule has 0 aliphatic carbocycles. The summed E-state index contributed by atoms with van der Waals surface area (Å²) in [5.74, 6) is -1.41. The van der Waals surface area contributed by atoms with Gasteiger partial charge < -0.3 is 9.73 Å². The Labute approximate surface area is 116 Å². The SMILES string of the molecule is CCc1occc1C(=O)Nc1cc(F)c(Br)cc1F. The fraction of sp³-hybridized carbons (Fsp3) is 0.154. The molecule has 1 heterocycles. The lowest BCUT2D eigenvalue weighted by molar-refractivity contribution is 0.102. The second-order valence-corrected chi connectivity index (χ2v) is 4.67. The third-order valence-corrected chi connectivity index (χ3v) is 3.18. The van der Waals surface area contributed by atoms with Crippen LogP contribution in [-0.4, -0.2) is 5.91 Å². The Balaban J connectivity index is 2.27. The maximum Gasteiger partial charge on any atom is 0.259 e. The number of anilines is 1. The lowest BCUT2D eigenvalue weighted by Crippen LogP contribution is -2.14. The molecule has 2 rings (SSSR count). The molecular formula is C13H10BrF2NO2. The van der Waals surface area contributed by atoms with E-state index in [1.54, 1.807) is 0 Å². The first-order chi connectivity index (χ1) is 9.02. The van der Waals surface area contributed by atoms with E-state index < -0.39 is 17.5 Å². The molecule has 0 bridgehead atoms. The van der Waals surface area contributed by atoms with Crippen molar-refractivity contribution in [3.63, 3.8) is 0 Å². The third-order valence-electron chi connectivity index (χ3n) is 2.57. The molecule has 1 aromatic heterocycles. The maximum absolute atomic E-state index is 13.6. The highest BCUT2D eigenvalue weighted by molar-refractivity contribution is 9.10. The zero-order valence-corrected chi connectivity index (χ0v) is 11.6. The molecule has 1 amide bonds. The minimum Gasteiger partial charge on any atom is -0.469 e. The average molecular weight is 330 g/mol. The van der Waals surface area contributed by atoms with Crippen molar-refractivity contribution < 1.29 is 18.0 Å². The van der Waals surface area contributed by atoms with Crippen LogP contribution < -0.4 is 5.32 Å². The summed E-state index contributed by atoms with van der Waals surface area (Å²) < 4.78 is 32.0. The van der Waals surface area contributed by atoms with Gasteiger partial charge in [-0.25, -0.2) is 8.78 Å². The Morgan fingerprint density at radius 3 is 2.79 bits per heavy atom. The minimum absolute atomic E-state index is 0.000516. The van der Waals surface area contributed by atoms with Crippen LogP contribution in [-0.2, 0) is 6.42 Å². The van der Waals surface area contributed by atoms with Gasteiger partial charge in [0.15, 0.2) is 0 Å². The van der Waals surface area contributed by atoms with Crippen LogP contribution in [0, 0.1) is 11.6 Å². The highest BCUT2D eigenvalue weighted by Crippen LogP contribution is 2.24. The topological polar surface area (TPSA) is 42.2 Å². The summed E-state index contributed by atoms with van der Waals surface area (Å²) in [7, 11) is 0. The van der Waals surface area contributed by atoms with E-state index in [2.05, 4.69) is 21.2 Å². The molecule has 2 aromatic rings. The van der Waals surface area contributed by atoms with Gasteiger partial charge in [-0.3, -0.25) is 4.79 Å². The van der Waals surface area contributed by atoms with Crippen molar-refractivity contribution in [2.24, 2.45) is 0 Å². The molecule has 0 unspecified atom stereocenters. The lowest BCUT2D eigenvalue weighted by Gasteiger charge is -2.07. The van der Waals surface area contributed by atoms with Crippen LogP contribution in [0.1, 0.15) is 23.0 Å².